The van der Waals surface area contributed by atoms with Crippen LogP contribution in [0.1, 0.15) is 31.7 Å². The molecular formula is C16H18N2O4. The van der Waals surface area contributed by atoms with Crippen molar-refractivity contribution < 1.29 is 19.2 Å². The SMILES string of the molecule is CCC(=O)N(C=O)OC(=O)CCCc1c[nH]c2ccccc12. The van der Waals surface area contributed by atoms with Gasteiger partial charge in [-0.25, -0.2) is 4.79 Å². The van der Waals surface area contributed by atoms with Crippen LogP contribution in [0.5, 0.6) is 0 Å². The predicted octanol–water partition coefficient (Wildman–Crippen LogP) is 2.34. The number of para-hydroxylation sites is 1. The van der Waals surface area contributed by atoms with Gasteiger partial charge < -0.3 is 9.82 Å². The lowest BCUT2D eigenvalue weighted by atomic mass is 10.1. The molecular weight excluding hydrogens is 284 g/mol. The Kier molecular flexibility index (Phi) is 5.30. The maximum absolute atomic E-state index is 11.6. The van der Waals surface area contributed by atoms with Crippen molar-refractivity contribution in [3.8, 4) is 0 Å². The third-order valence-electron chi connectivity index (χ3n) is 3.35. The van der Waals surface area contributed by atoms with E-state index in [1.807, 2.05) is 30.5 Å². The number of carbonyl (C=O) groups excluding carboxylic acids is 3. The maximum Gasteiger partial charge on any atom is 0.333 e. The normalized spacial score (nSPS) is 10.4. The van der Waals surface area contributed by atoms with Crippen LogP contribution in [-0.2, 0) is 25.6 Å². The first-order chi connectivity index (χ1) is 10.7. The molecule has 2 rings (SSSR count). The van der Waals surface area contributed by atoms with Gasteiger partial charge in [0, 0.05) is 29.9 Å². The first-order valence-electron chi connectivity index (χ1n) is 7.18. The lowest BCUT2D eigenvalue weighted by molar-refractivity contribution is -0.196. The van der Waals surface area contributed by atoms with Gasteiger partial charge in [0.2, 0.25) is 0 Å². The van der Waals surface area contributed by atoms with E-state index in [-0.39, 0.29) is 19.3 Å². The summed E-state index contributed by atoms with van der Waals surface area (Å²) < 4.78 is 0. The highest BCUT2D eigenvalue weighted by Gasteiger charge is 2.16. The van der Waals surface area contributed by atoms with Crippen LogP contribution in [0.4, 0.5) is 0 Å². The molecule has 1 N–H and O–H groups in total. The minimum atomic E-state index is -0.589. The van der Waals surface area contributed by atoms with Gasteiger partial charge in [0.05, 0.1) is 0 Å². The van der Waals surface area contributed by atoms with E-state index in [1.54, 1.807) is 6.92 Å². The lowest BCUT2D eigenvalue weighted by Crippen LogP contribution is -2.31. The average Bonchev–Trinajstić information content (AvgIpc) is 2.95. The average molecular weight is 302 g/mol. The number of carbonyl (C=O) groups is 3. The van der Waals surface area contributed by atoms with Gasteiger partial charge >= 0.3 is 5.97 Å². The molecule has 0 unspecified atom stereocenters. The van der Waals surface area contributed by atoms with Crippen LogP contribution in [0.25, 0.3) is 10.9 Å². The number of nitrogens with one attached hydrogen (secondary N) is 1. The smallest absolute Gasteiger partial charge is 0.333 e. The van der Waals surface area contributed by atoms with Crippen molar-refractivity contribution in [3.63, 3.8) is 0 Å². The zero-order valence-corrected chi connectivity index (χ0v) is 12.4. The molecule has 0 aliphatic rings. The third kappa shape index (κ3) is 3.72. The first-order valence-corrected chi connectivity index (χ1v) is 7.18. The van der Waals surface area contributed by atoms with Gasteiger partial charge in [0.1, 0.15) is 0 Å². The molecule has 0 spiro atoms. The van der Waals surface area contributed by atoms with Crippen LogP contribution in [0.15, 0.2) is 30.5 Å². The Balaban J connectivity index is 1.84. The molecule has 1 aromatic heterocycles. The van der Waals surface area contributed by atoms with E-state index in [0.29, 0.717) is 17.9 Å². The predicted molar refractivity (Wildman–Crippen MR) is 80.5 cm³/mol. The molecule has 2 aromatic rings. The Morgan fingerprint density at radius 2 is 2.09 bits per heavy atom. The standard InChI is InChI=1S/C16H18N2O4/c1-2-15(20)18(11-19)22-16(21)9-5-6-12-10-17-14-8-4-3-7-13(12)14/h3-4,7-8,10-11,17H,2,5-6,9H2,1H3. The van der Waals surface area contributed by atoms with E-state index >= 15 is 0 Å². The Labute approximate surface area is 128 Å². The van der Waals surface area contributed by atoms with E-state index in [0.717, 1.165) is 16.5 Å². The number of aromatic nitrogens is 1. The van der Waals surface area contributed by atoms with Crippen molar-refractivity contribution in [2.45, 2.75) is 32.6 Å². The van der Waals surface area contributed by atoms with Crippen molar-refractivity contribution >= 4 is 29.2 Å². The quantitative estimate of drug-likeness (QED) is 0.656. The van der Waals surface area contributed by atoms with Crippen molar-refractivity contribution in [1.29, 1.82) is 0 Å². The molecule has 0 saturated heterocycles. The number of rotatable bonds is 6. The molecule has 0 atom stereocenters. The lowest BCUT2D eigenvalue weighted by Gasteiger charge is -2.13. The van der Waals surface area contributed by atoms with E-state index in [4.69, 9.17) is 4.84 Å². The fraction of sp³-hybridized carbons (Fsp3) is 0.312. The van der Waals surface area contributed by atoms with Crippen molar-refractivity contribution in [2.24, 2.45) is 0 Å². The van der Waals surface area contributed by atoms with Crippen LogP contribution >= 0.6 is 0 Å². The Bertz CT molecular complexity index is 678. The number of aromatic amines is 1. The highest BCUT2D eigenvalue weighted by molar-refractivity contribution is 5.86. The second-order valence-electron chi connectivity index (χ2n) is 4.85. The maximum atomic E-state index is 11.6. The summed E-state index contributed by atoms with van der Waals surface area (Å²) in [6, 6.07) is 7.93. The number of imide groups is 1. The molecule has 0 fully saturated rings. The second kappa shape index (κ2) is 7.40. The molecule has 2 amide bonds. The summed E-state index contributed by atoms with van der Waals surface area (Å²) >= 11 is 0. The van der Waals surface area contributed by atoms with E-state index < -0.39 is 11.9 Å². The summed E-state index contributed by atoms with van der Waals surface area (Å²) in [5.74, 6) is -1.13. The minimum absolute atomic E-state index is 0.0986. The van der Waals surface area contributed by atoms with Crippen molar-refractivity contribution in [2.75, 3.05) is 0 Å². The minimum Gasteiger partial charge on any atom is -0.361 e. The number of amides is 2. The number of hydrogen-bond donors (Lipinski definition) is 1. The molecule has 22 heavy (non-hydrogen) atoms. The molecule has 116 valence electrons. The summed E-state index contributed by atoms with van der Waals surface area (Å²) in [5.41, 5.74) is 2.18. The van der Waals surface area contributed by atoms with Gasteiger partial charge in [-0.3, -0.25) is 9.59 Å². The van der Waals surface area contributed by atoms with Crippen LogP contribution < -0.4 is 0 Å². The Hall–Kier alpha value is -2.63. The van der Waals surface area contributed by atoms with Gasteiger partial charge in [-0.1, -0.05) is 25.1 Å². The van der Waals surface area contributed by atoms with Crippen molar-refractivity contribution in [1.82, 2.24) is 10.0 Å². The molecule has 0 radical (unpaired) electrons. The molecule has 6 nitrogen and oxygen atoms in total. The number of aryl methyl sites for hydroxylation is 1. The van der Waals surface area contributed by atoms with Crippen LogP contribution in [-0.4, -0.2) is 28.3 Å². The summed E-state index contributed by atoms with van der Waals surface area (Å²) in [4.78, 5) is 41.5. The molecule has 0 aliphatic heterocycles. The number of benzene rings is 1. The summed E-state index contributed by atoms with van der Waals surface area (Å²) in [6.45, 7) is 1.59. The van der Waals surface area contributed by atoms with Gasteiger partial charge in [0.25, 0.3) is 12.3 Å². The summed E-state index contributed by atoms with van der Waals surface area (Å²) in [5, 5.41) is 1.58. The fourth-order valence-corrected chi connectivity index (χ4v) is 2.20. The number of hydroxylamine groups is 2. The van der Waals surface area contributed by atoms with Crippen LogP contribution in [0.3, 0.4) is 0 Å². The van der Waals surface area contributed by atoms with E-state index in [2.05, 4.69) is 4.98 Å². The number of hydrogen-bond acceptors (Lipinski definition) is 4. The number of H-pyrrole nitrogens is 1. The summed E-state index contributed by atoms with van der Waals surface area (Å²) in [7, 11) is 0. The first kappa shape index (κ1) is 15.8. The van der Waals surface area contributed by atoms with Gasteiger partial charge in [0.15, 0.2) is 0 Å². The van der Waals surface area contributed by atoms with Gasteiger partial charge in [-0.15, -0.1) is 5.06 Å². The zero-order valence-electron chi connectivity index (χ0n) is 12.4. The molecule has 0 saturated carbocycles. The van der Waals surface area contributed by atoms with Gasteiger partial charge in [-0.2, -0.15) is 0 Å². The number of nitrogens with zero attached hydrogens (tertiary/aromatic N) is 1. The summed E-state index contributed by atoms with van der Waals surface area (Å²) in [6.07, 6.45) is 3.66. The highest BCUT2D eigenvalue weighted by atomic mass is 16.7. The largest absolute Gasteiger partial charge is 0.361 e. The highest BCUT2D eigenvalue weighted by Crippen LogP contribution is 2.19. The third-order valence-corrected chi connectivity index (χ3v) is 3.35. The fourth-order valence-electron chi connectivity index (χ4n) is 2.20. The topological polar surface area (TPSA) is 79.5 Å². The Morgan fingerprint density at radius 3 is 2.82 bits per heavy atom. The van der Waals surface area contributed by atoms with Crippen molar-refractivity contribution in [3.05, 3.63) is 36.0 Å². The molecule has 1 heterocycles. The molecule has 6 heteroatoms. The number of fused-ring (bicyclic) bond motifs is 1. The monoisotopic (exact) mass is 302 g/mol. The molecule has 1 aromatic carbocycles. The van der Waals surface area contributed by atoms with E-state index in [1.165, 1.54) is 0 Å². The van der Waals surface area contributed by atoms with E-state index in [9.17, 15) is 14.4 Å². The second-order valence-corrected chi connectivity index (χ2v) is 4.85. The van der Waals surface area contributed by atoms with Crippen LogP contribution in [0.2, 0.25) is 0 Å². The zero-order chi connectivity index (χ0) is 15.9. The molecule has 0 aliphatic carbocycles. The van der Waals surface area contributed by atoms with Crippen LogP contribution in [0, 0.1) is 0 Å². The van der Waals surface area contributed by atoms with Gasteiger partial charge in [-0.05, 0) is 24.5 Å². The molecule has 0 bridgehead atoms. The Morgan fingerprint density at radius 1 is 1.32 bits per heavy atom.